The molecule has 31 heavy (non-hydrogen) atoms. The molecule has 4 heteroatoms. The SMILES string of the molecule is CC(C)NC(=O)Cc1ccc(N(Cc2ccccc2)C(=O)/C=C/c2ccccc2)cc1. The highest BCUT2D eigenvalue weighted by Gasteiger charge is 2.14. The lowest BCUT2D eigenvalue weighted by atomic mass is 10.1. The maximum Gasteiger partial charge on any atom is 0.251 e. The minimum absolute atomic E-state index is 0.00855. The van der Waals surface area contributed by atoms with Gasteiger partial charge in [0.15, 0.2) is 0 Å². The van der Waals surface area contributed by atoms with Gasteiger partial charge < -0.3 is 10.2 Å². The first-order chi connectivity index (χ1) is 15.0. The van der Waals surface area contributed by atoms with Crippen LogP contribution in [0.4, 0.5) is 5.69 Å². The molecule has 158 valence electrons. The summed E-state index contributed by atoms with van der Waals surface area (Å²) in [5.41, 5.74) is 3.72. The second-order valence-corrected chi connectivity index (χ2v) is 7.72. The molecule has 3 aromatic carbocycles. The van der Waals surface area contributed by atoms with Crippen molar-refractivity contribution in [1.29, 1.82) is 0 Å². The molecule has 0 heterocycles. The Bertz CT molecular complexity index is 1010. The van der Waals surface area contributed by atoms with Crippen molar-refractivity contribution >= 4 is 23.6 Å². The Balaban J connectivity index is 1.79. The Labute approximate surface area is 184 Å². The lowest BCUT2D eigenvalue weighted by Crippen LogP contribution is -2.31. The highest BCUT2D eigenvalue weighted by Crippen LogP contribution is 2.20. The number of anilines is 1. The van der Waals surface area contributed by atoms with Crippen molar-refractivity contribution in [3.05, 3.63) is 108 Å². The highest BCUT2D eigenvalue weighted by atomic mass is 16.2. The Morgan fingerprint density at radius 2 is 1.45 bits per heavy atom. The van der Waals surface area contributed by atoms with E-state index in [9.17, 15) is 9.59 Å². The molecule has 0 aliphatic rings. The summed E-state index contributed by atoms with van der Waals surface area (Å²) in [6.07, 6.45) is 3.74. The molecule has 0 aliphatic carbocycles. The molecule has 0 aliphatic heterocycles. The van der Waals surface area contributed by atoms with Crippen LogP contribution in [0.1, 0.15) is 30.5 Å². The van der Waals surface area contributed by atoms with Gasteiger partial charge in [0, 0.05) is 17.8 Å². The Kier molecular flexibility index (Phi) is 7.77. The minimum Gasteiger partial charge on any atom is -0.354 e. The fraction of sp³-hybridized carbons (Fsp3) is 0.185. The summed E-state index contributed by atoms with van der Waals surface area (Å²) in [5, 5.41) is 2.90. The number of carbonyl (C=O) groups is 2. The third-order valence-corrected chi connectivity index (χ3v) is 4.73. The maximum atomic E-state index is 13.1. The number of hydrogen-bond donors (Lipinski definition) is 1. The first-order valence-electron chi connectivity index (χ1n) is 10.5. The standard InChI is InChI=1S/C27H28N2O2/c1-21(2)28-26(30)19-23-13-16-25(17-14-23)29(20-24-11-7-4-8-12-24)27(31)18-15-22-9-5-3-6-10-22/h3-18,21H,19-20H2,1-2H3,(H,28,30)/b18-15+. The van der Waals surface area contributed by atoms with Crippen molar-refractivity contribution in [3.8, 4) is 0 Å². The van der Waals surface area contributed by atoms with Crippen LogP contribution in [0.3, 0.4) is 0 Å². The predicted molar refractivity (Wildman–Crippen MR) is 127 cm³/mol. The van der Waals surface area contributed by atoms with Gasteiger partial charge in [-0.25, -0.2) is 0 Å². The summed E-state index contributed by atoms with van der Waals surface area (Å²) in [4.78, 5) is 26.8. The van der Waals surface area contributed by atoms with Crippen molar-refractivity contribution in [2.24, 2.45) is 0 Å². The number of rotatable bonds is 8. The Morgan fingerprint density at radius 3 is 2.06 bits per heavy atom. The highest BCUT2D eigenvalue weighted by molar-refractivity contribution is 6.03. The van der Waals surface area contributed by atoms with Crippen LogP contribution in [0.2, 0.25) is 0 Å². The smallest absolute Gasteiger partial charge is 0.251 e. The second kappa shape index (κ2) is 10.9. The van der Waals surface area contributed by atoms with Crippen LogP contribution in [0.25, 0.3) is 6.08 Å². The molecule has 0 radical (unpaired) electrons. The number of nitrogens with zero attached hydrogens (tertiary/aromatic N) is 1. The van der Waals surface area contributed by atoms with Crippen LogP contribution in [0.15, 0.2) is 91.0 Å². The second-order valence-electron chi connectivity index (χ2n) is 7.72. The van der Waals surface area contributed by atoms with E-state index >= 15 is 0 Å². The van der Waals surface area contributed by atoms with Gasteiger partial charge in [-0.05, 0) is 48.7 Å². The van der Waals surface area contributed by atoms with Crippen molar-refractivity contribution in [2.45, 2.75) is 32.9 Å². The third-order valence-electron chi connectivity index (χ3n) is 4.73. The quantitative estimate of drug-likeness (QED) is 0.529. The van der Waals surface area contributed by atoms with Crippen LogP contribution in [-0.2, 0) is 22.6 Å². The van der Waals surface area contributed by atoms with Gasteiger partial charge in [0.2, 0.25) is 5.91 Å². The van der Waals surface area contributed by atoms with Gasteiger partial charge in [-0.1, -0.05) is 72.8 Å². The Hall–Kier alpha value is -3.66. The molecule has 0 unspecified atom stereocenters. The fourth-order valence-electron chi connectivity index (χ4n) is 3.24. The van der Waals surface area contributed by atoms with Crippen LogP contribution < -0.4 is 10.2 Å². The third kappa shape index (κ3) is 6.96. The molecule has 0 aromatic heterocycles. The molecular formula is C27H28N2O2. The van der Waals surface area contributed by atoms with Gasteiger partial charge in [0.05, 0.1) is 13.0 Å². The normalized spacial score (nSPS) is 10.9. The van der Waals surface area contributed by atoms with Crippen LogP contribution in [0.5, 0.6) is 0 Å². The minimum atomic E-state index is -0.0991. The molecule has 0 saturated carbocycles. The Morgan fingerprint density at radius 1 is 0.839 bits per heavy atom. The van der Waals surface area contributed by atoms with Crippen molar-refractivity contribution in [1.82, 2.24) is 5.32 Å². The lowest BCUT2D eigenvalue weighted by molar-refractivity contribution is -0.121. The van der Waals surface area contributed by atoms with Crippen LogP contribution in [0, 0.1) is 0 Å². The lowest BCUT2D eigenvalue weighted by Gasteiger charge is -2.22. The average molecular weight is 413 g/mol. The monoisotopic (exact) mass is 412 g/mol. The molecule has 0 spiro atoms. The van der Waals surface area contributed by atoms with Gasteiger partial charge in [-0.3, -0.25) is 9.59 Å². The van der Waals surface area contributed by atoms with E-state index in [1.54, 1.807) is 11.0 Å². The van der Waals surface area contributed by atoms with E-state index in [1.807, 2.05) is 105 Å². The first kappa shape index (κ1) is 22.0. The van der Waals surface area contributed by atoms with E-state index in [-0.39, 0.29) is 17.9 Å². The van der Waals surface area contributed by atoms with Crippen molar-refractivity contribution in [3.63, 3.8) is 0 Å². The molecule has 4 nitrogen and oxygen atoms in total. The van der Waals surface area contributed by atoms with Gasteiger partial charge in [-0.2, -0.15) is 0 Å². The fourth-order valence-corrected chi connectivity index (χ4v) is 3.24. The number of hydrogen-bond acceptors (Lipinski definition) is 2. The summed E-state index contributed by atoms with van der Waals surface area (Å²) in [6.45, 7) is 4.35. The molecule has 0 saturated heterocycles. The summed E-state index contributed by atoms with van der Waals surface area (Å²) in [6, 6.07) is 27.4. The molecule has 0 bridgehead atoms. The number of amides is 2. The zero-order chi connectivity index (χ0) is 22.1. The number of nitrogens with one attached hydrogen (secondary N) is 1. The van der Waals surface area contributed by atoms with Gasteiger partial charge in [0.1, 0.15) is 0 Å². The summed E-state index contributed by atoms with van der Waals surface area (Å²) >= 11 is 0. The summed E-state index contributed by atoms with van der Waals surface area (Å²) in [7, 11) is 0. The van der Waals surface area contributed by atoms with Crippen molar-refractivity contribution in [2.75, 3.05) is 4.90 Å². The average Bonchev–Trinajstić information content (AvgIpc) is 2.77. The summed E-state index contributed by atoms with van der Waals surface area (Å²) < 4.78 is 0. The molecule has 0 fully saturated rings. The van der Waals surface area contributed by atoms with Gasteiger partial charge >= 0.3 is 0 Å². The zero-order valence-electron chi connectivity index (χ0n) is 18.0. The topological polar surface area (TPSA) is 49.4 Å². The van der Waals surface area contributed by atoms with E-state index < -0.39 is 0 Å². The molecule has 2 amide bonds. The number of benzene rings is 3. The molecule has 0 atom stereocenters. The molecule has 3 aromatic rings. The van der Waals surface area contributed by atoms with Gasteiger partial charge in [-0.15, -0.1) is 0 Å². The predicted octanol–water partition coefficient (Wildman–Crippen LogP) is 5.00. The van der Waals surface area contributed by atoms with E-state index in [0.29, 0.717) is 13.0 Å². The zero-order valence-corrected chi connectivity index (χ0v) is 18.0. The largest absolute Gasteiger partial charge is 0.354 e. The number of carbonyl (C=O) groups excluding carboxylic acids is 2. The maximum absolute atomic E-state index is 13.1. The van der Waals surface area contributed by atoms with Crippen LogP contribution >= 0.6 is 0 Å². The van der Waals surface area contributed by atoms with E-state index in [4.69, 9.17) is 0 Å². The van der Waals surface area contributed by atoms with Gasteiger partial charge in [0.25, 0.3) is 5.91 Å². The van der Waals surface area contributed by atoms with Crippen molar-refractivity contribution < 1.29 is 9.59 Å². The van der Waals surface area contributed by atoms with E-state index in [2.05, 4.69) is 5.32 Å². The molecular weight excluding hydrogens is 384 g/mol. The van der Waals surface area contributed by atoms with Crippen LogP contribution in [-0.4, -0.2) is 17.9 Å². The first-order valence-corrected chi connectivity index (χ1v) is 10.5. The summed E-state index contributed by atoms with van der Waals surface area (Å²) in [5.74, 6) is -0.108. The van der Waals surface area contributed by atoms with E-state index in [1.165, 1.54) is 0 Å². The molecule has 1 N–H and O–H groups in total. The van der Waals surface area contributed by atoms with E-state index in [0.717, 1.165) is 22.4 Å². The molecule has 3 rings (SSSR count).